The molecular formula is C20H23NO2S. The van der Waals surface area contributed by atoms with Gasteiger partial charge in [-0.25, -0.2) is 8.42 Å². The van der Waals surface area contributed by atoms with E-state index >= 15 is 0 Å². The third kappa shape index (κ3) is 2.55. The Morgan fingerprint density at radius 2 is 1.50 bits per heavy atom. The van der Waals surface area contributed by atoms with Crippen molar-refractivity contribution in [3.05, 3.63) is 59.7 Å². The van der Waals surface area contributed by atoms with Crippen LogP contribution >= 0.6 is 0 Å². The van der Waals surface area contributed by atoms with E-state index in [-0.39, 0.29) is 5.41 Å². The number of hydrogen-bond acceptors (Lipinski definition) is 2. The maximum atomic E-state index is 13.2. The molecule has 0 atom stereocenters. The molecule has 0 radical (unpaired) electrons. The van der Waals surface area contributed by atoms with Crippen molar-refractivity contribution in [3.8, 4) is 0 Å². The van der Waals surface area contributed by atoms with Gasteiger partial charge in [-0.2, -0.15) is 0 Å². The molecule has 0 saturated heterocycles. The Morgan fingerprint density at radius 3 is 2.04 bits per heavy atom. The van der Waals surface area contributed by atoms with E-state index in [4.69, 9.17) is 0 Å². The number of fused-ring (bicyclic) bond motifs is 1. The lowest BCUT2D eigenvalue weighted by Crippen LogP contribution is -2.12. The second-order valence-electron chi connectivity index (χ2n) is 7.28. The molecule has 0 saturated carbocycles. The Labute approximate surface area is 143 Å². The molecule has 3 aromatic rings. The van der Waals surface area contributed by atoms with Crippen LogP contribution < -0.4 is 0 Å². The lowest BCUT2D eigenvalue weighted by molar-refractivity contribution is 0.581. The lowest BCUT2D eigenvalue weighted by atomic mass is 9.87. The summed E-state index contributed by atoms with van der Waals surface area (Å²) in [6.07, 6.45) is 0. The predicted molar refractivity (Wildman–Crippen MR) is 98.2 cm³/mol. The van der Waals surface area contributed by atoms with E-state index in [9.17, 15) is 8.42 Å². The smallest absolute Gasteiger partial charge is 0.222 e. The highest BCUT2D eigenvalue weighted by Gasteiger charge is 2.26. The largest absolute Gasteiger partial charge is 0.334 e. The maximum Gasteiger partial charge on any atom is 0.222 e. The molecule has 1 aromatic heterocycles. The van der Waals surface area contributed by atoms with E-state index in [1.807, 2.05) is 50.4 Å². The highest BCUT2D eigenvalue weighted by molar-refractivity contribution is 7.91. The monoisotopic (exact) mass is 341 g/mol. The molecule has 3 rings (SSSR count). The van der Waals surface area contributed by atoms with Gasteiger partial charge in [-0.1, -0.05) is 51.1 Å². The number of nitrogens with zero attached hydrogens (tertiary/aromatic N) is 1. The first kappa shape index (κ1) is 16.8. The molecule has 0 aliphatic heterocycles. The summed E-state index contributed by atoms with van der Waals surface area (Å²) in [5, 5.41) is 1.34. The molecule has 0 fully saturated rings. The molecule has 0 spiro atoms. The topological polar surface area (TPSA) is 39.1 Å². The van der Waals surface area contributed by atoms with E-state index in [2.05, 4.69) is 20.8 Å². The SMILES string of the molecule is Cc1c(S(=O)(=O)c2ccc(C(C)(C)C)cc2)n(C)c2ccccc12. The highest BCUT2D eigenvalue weighted by atomic mass is 32.2. The van der Waals surface area contributed by atoms with Crippen LogP contribution in [0.5, 0.6) is 0 Å². The Hall–Kier alpha value is -2.07. The summed E-state index contributed by atoms with van der Waals surface area (Å²) >= 11 is 0. The van der Waals surface area contributed by atoms with E-state index in [1.54, 1.807) is 16.7 Å². The van der Waals surface area contributed by atoms with Crippen molar-refractivity contribution in [2.24, 2.45) is 7.05 Å². The fraction of sp³-hybridized carbons (Fsp3) is 0.300. The first-order valence-corrected chi connectivity index (χ1v) is 9.52. The zero-order chi connectivity index (χ0) is 17.7. The Bertz CT molecular complexity index is 965. The van der Waals surface area contributed by atoms with Crippen molar-refractivity contribution in [1.82, 2.24) is 4.57 Å². The number of sulfone groups is 1. The molecule has 4 heteroatoms. The van der Waals surface area contributed by atoms with Crippen molar-refractivity contribution in [1.29, 1.82) is 0 Å². The van der Waals surface area contributed by atoms with Crippen LogP contribution in [0.2, 0.25) is 0 Å². The minimum Gasteiger partial charge on any atom is -0.334 e. The maximum absolute atomic E-state index is 13.2. The van der Waals surface area contributed by atoms with Gasteiger partial charge >= 0.3 is 0 Å². The molecule has 1 heterocycles. The number of rotatable bonds is 2. The number of para-hydroxylation sites is 1. The van der Waals surface area contributed by atoms with E-state index in [1.165, 1.54) is 0 Å². The summed E-state index contributed by atoms with van der Waals surface area (Å²) in [6, 6.07) is 15.0. The fourth-order valence-electron chi connectivity index (χ4n) is 3.19. The molecule has 0 bridgehead atoms. The van der Waals surface area contributed by atoms with Gasteiger partial charge in [0.1, 0.15) is 5.03 Å². The number of aryl methyl sites for hydroxylation is 2. The first-order chi connectivity index (χ1) is 11.1. The van der Waals surface area contributed by atoms with Gasteiger partial charge in [0, 0.05) is 18.0 Å². The Morgan fingerprint density at radius 1 is 0.917 bits per heavy atom. The average molecular weight is 341 g/mol. The summed E-state index contributed by atoms with van der Waals surface area (Å²) in [5.74, 6) is 0. The van der Waals surface area contributed by atoms with Gasteiger partial charge in [-0.05, 0) is 41.7 Å². The molecule has 24 heavy (non-hydrogen) atoms. The van der Waals surface area contributed by atoms with Crippen LogP contribution in [0.3, 0.4) is 0 Å². The average Bonchev–Trinajstić information content (AvgIpc) is 2.79. The van der Waals surface area contributed by atoms with Crippen LogP contribution in [-0.4, -0.2) is 13.0 Å². The molecule has 3 nitrogen and oxygen atoms in total. The first-order valence-electron chi connectivity index (χ1n) is 8.03. The fourth-order valence-corrected chi connectivity index (χ4v) is 4.88. The summed E-state index contributed by atoms with van der Waals surface area (Å²) in [5.41, 5.74) is 2.85. The Balaban J connectivity index is 2.19. The van der Waals surface area contributed by atoms with Gasteiger partial charge in [0.15, 0.2) is 0 Å². The highest BCUT2D eigenvalue weighted by Crippen LogP contribution is 2.32. The standard InChI is InChI=1S/C20H23NO2S/c1-14-17-8-6-7-9-18(17)21(5)19(14)24(22,23)16-12-10-15(11-13-16)20(2,3)4/h6-13H,1-5H3. The van der Waals surface area contributed by atoms with Gasteiger partial charge in [-0.3, -0.25) is 0 Å². The summed E-state index contributed by atoms with van der Waals surface area (Å²) in [4.78, 5) is 0.338. The van der Waals surface area contributed by atoms with Gasteiger partial charge in [0.2, 0.25) is 9.84 Å². The molecule has 0 unspecified atom stereocenters. The number of benzene rings is 2. The minimum absolute atomic E-state index is 0.00212. The third-order valence-electron chi connectivity index (χ3n) is 4.58. The minimum atomic E-state index is -3.56. The van der Waals surface area contributed by atoms with Crippen LogP contribution in [0.4, 0.5) is 0 Å². The molecule has 0 aliphatic rings. The second kappa shape index (κ2) is 5.49. The van der Waals surface area contributed by atoms with Crippen molar-refractivity contribution in [2.75, 3.05) is 0 Å². The zero-order valence-corrected chi connectivity index (χ0v) is 15.6. The van der Waals surface area contributed by atoms with Crippen LogP contribution in [0, 0.1) is 6.92 Å². The van der Waals surface area contributed by atoms with Crippen LogP contribution in [0.15, 0.2) is 58.5 Å². The summed E-state index contributed by atoms with van der Waals surface area (Å²) in [6.45, 7) is 8.22. The van der Waals surface area contributed by atoms with Gasteiger partial charge in [-0.15, -0.1) is 0 Å². The van der Waals surface area contributed by atoms with Crippen molar-refractivity contribution < 1.29 is 8.42 Å². The predicted octanol–water partition coefficient (Wildman–Crippen LogP) is 4.62. The Kier molecular flexibility index (Phi) is 3.83. The molecule has 126 valence electrons. The molecule has 2 aromatic carbocycles. The number of hydrogen-bond donors (Lipinski definition) is 0. The number of aromatic nitrogens is 1. The van der Waals surface area contributed by atoms with Crippen molar-refractivity contribution in [2.45, 2.75) is 43.0 Å². The molecular weight excluding hydrogens is 318 g/mol. The molecule has 0 N–H and O–H groups in total. The quantitative estimate of drug-likeness (QED) is 0.682. The van der Waals surface area contributed by atoms with Crippen LogP contribution in [0.1, 0.15) is 31.9 Å². The van der Waals surface area contributed by atoms with Gasteiger partial charge < -0.3 is 4.57 Å². The van der Waals surface area contributed by atoms with Crippen LogP contribution in [0.25, 0.3) is 10.9 Å². The normalized spacial score (nSPS) is 12.7. The van der Waals surface area contributed by atoms with Gasteiger partial charge in [0.05, 0.1) is 4.90 Å². The van der Waals surface area contributed by atoms with E-state index < -0.39 is 9.84 Å². The lowest BCUT2D eigenvalue weighted by Gasteiger charge is -2.19. The molecule has 0 aliphatic carbocycles. The molecule has 0 amide bonds. The van der Waals surface area contributed by atoms with Crippen molar-refractivity contribution >= 4 is 20.7 Å². The second-order valence-corrected chi connectivity index (χ2v) is 9.15. The third-order valence-corrected chi connectivity index (χ3v) is 6.56. The zero-order valence-electron chi connectivity index (χ0n) is 14.8. The van der Waals surface area contributed by atoms with Crippen molar-refractivity contribution in [3.63, 3.8) is 0 Å². The van der Waals surface area contributed by atoms with E-state index in [0.29, 0.717) is 9.92 Å². The van der Waals surface area contributed by atoms with E-state index in [0.717, 1.165) is 22.0 Å². The summed E-state index contributed by atoms with van der Waals surface area (Å²) in [7, 11) is -1.75. The van der Waals surface area contributed by atoms with Gasteiger partial charge in [0.25, 0.3) is 0 Å². The van der Waals surface area contributed by atoms with Crippen LogP contribution in [-0.2, 0) is 22.3 Å². The summed E-state index contributed by atoms with van der Waals surface area (Å²) < 4.78 is 28.1.